The molecule has 1 saturated carbocycles. The Labute approximate surface area is 112 Å². The topological polar surface area (TPSA) is 23.5 Å². The minimum atomic E-state index is -0.139. The van der Waals surface area contributed by atoms with Gasteiger partial charge in [-0.25, -0.2) is 4.39 Å². The summed E-state index contributed by atoms with van der Waals surface area (Å²) in [5.74, 6) is 0.733. The van der Waals surface area contributed by atoms with E-state index in [0.29, 0.717) is 6.04 Å². The average Bonchev–Trinajstić information content (AvgIpc) is 2.29. The van der Waals surface area contributed by atoms with Crippen molar-refractivity contribution in [2.75, 3.05) is 25.4 Å². The lowest BCUT2D eigenvalue weighted by Gasteiger charge is -2.37. The second-order valence-corrected chi connectivity index (χ2v) is 5.76. The molecular weight excluding hydrogens is 249 g/mol. The van der Waals surface area contributed by atoms with Crippen LogP contribution in [0.1, 0.15) is 19.3 Å². The van der Waals surface area contributed by atoms with Crippen LogP contribution in [0.25, 0.3) is 0 Å². The number of hydrogen-bond donors (Lipinski definition) is 1. The first-order valence-electron chi connectivity index (χ1n) is 6.53. The van der Waals surface area contributed by atoms with Gasteiger partial charge in [-0.2, -0.15) is 0 Å². The van der Waals surface area contributed by atoms with Crippen LogP contribution in [0, 0.1) is 5.82 Å². The maximum absolute atomic E-state index is 13.4. The van der Waals surface area contributed by atoms with Gasteiger partial charge in [-0.1, -0.05) is 18.6 Å². The molecule has 1 aliphatic rings. The van der Waals surface area contributed by atoms with Gasteiger partial charge in [0.2, 0.25) is 0 Å². The van der Waals surface area contributed by atoms with Crippen LogP contribution >= 0.6 is 11.8 Å². The van der Waals surface area contributed by atoms with Gasteiger partial charge >= 0.3 is 0 Å². The van der Waals surface area contributed by atoms with Crippen molar-refractivity contribution in [1.82, 2.24) is 4.90 Å². The molecule has 1 aromatic carbocycles. The smallest absolute Gasteiger partial charge is 0.136 e. The number of benzene rings is 1. The molecule has 1 aromatic rings. The summed E-state index contributed by atoms with van der Waals surface area (Å²) in [5, 5.41) is 9.06. The molecule has 0 aromatic heterocycles. The van der Waals surface area contributed by atoms with E-state index < -0.39 is 0 Å². The fourth-order valence-corrected chi connectivity index (χ4v) is 3.12. The van der Waals surface area contributed by atoms with E-state index in [1.54, 1.807) is 17.8 Å². The maximum atomic E-state index is 13.4. The molecule has 0 radical (unpaired) electrons. The summed E-state index contributed by atoms with van der Waals surface area (Å²) in [5.41, 5.74) is 0. The van der Waals surface area contributed by atoms with Gasteiger partial charge in [0.15, 0.2) is 0 Å². The van der Waals surface area contributed by atoms with Crippen molar-refractivity contribution < 1.29 is 9.50 Å². The van der Waals surface area contributed by atoms with Gasteiger partial charge in [-0.05, 0) is 25.0 Å². The number of hydrogen-bond acceptors (Lipinski definition) is 3. The van der Waals surface area contributed by atoms with E-state index in [2.05, 4.69) is 4.90 Å². The second kappa shape index (κ2) is 7.12. The fraction of sp³-hybridized carbons (Fsp3) is 0.571. The summed E-state index contributed by atoms with van der Waals surface area (Å²) in [7, 11) is 0. The summed E-state index contributed by atoms with van der Waals surface area (Å²) in [6, 6.07) is 7.53. The first-order valence-corrected chi connectivity index (χ1v) is 7.52. The highest BCUT2D eigenvalue weighted by molar-refractivity contribution is 7.99. The average molecular weight is 269 g/mol. The quantitative estimate of drug-likeness (QED) is 0.770. The van der Waals surface area contributed by atoms with Crippen LogP contribution in [0.4, 0.5) is 4.39 Å². The molecule has 2 rings (SSSR count). The van der Waals surface area contributed by atoms with Crippen molar-refractivity contribution in [3.63, 3.8) is 0 Å². The van der Waals surface area contributed by atoms with Gasteiger partial charge < -0.3 is 5.11 Å². The van der Waals surface area contributed by atoms with Crippen LogP contribution in [-0.4, -0.2) is 41.5 Å². The van der Waals surface area contributed by atoms with Crippen LogP contribution in [0.5, 0.6) is 0 Å². The molecule has 2 nitrogen and oxygen atoms in total. The van der Waals surface area contributed by atoms with E-state index in [0.717, 1.165) is 23.7 Å². The third kappa shape index (κ3) is 3.70. The Morgan fingerprint density at radius 1 is 1.28 bits per heavy atom. The number of thioether (sulfide) groups is 1. The molecule has 0 heterocycles. The van der Waals surface area contributed by atoms with Gasteiger partial charge in [0, 0.05) is 29.8 Å². The molecule has 0 amide bonds. The number of nitrogens with zero attached hydrogens (tertiary/aromatic N) is 1. The number of halogens is 1. The summed E-state index contributed by atoms with van der Waals surface area (Å²) >= 11 is 1.55. The molecule has 0 spiro atoms. The van der Waals surface area contributed by atoms with Gasteiger partial charge in [-0.15, -0.1) is 11.8 Å². The first-order chi connectivity index (χ1) is 8.81. The SMILES string of the molecule is OCCN(CCSc1ccccc1F)C1CCC1. The molecule has 0 unspecified atom stereocenters. The van der Waals surface area contributed by atoms with Crippen molar-refractivity contribution in [1.29, 1.82) is 0 Å². The van der Waals surface area contributed by atoms with E-state index >= 15 is 0 Å². The molecule has 1 N–H and O–H groups in total. The highest BCUT2D eigenvalue weighted by Gasteiger charge is 2.23. The third-order valence-electron chi connectivity index (χ3n) is 3.45. The predicted octanol–water partition coefficient (Wildman–Crippen LogP) is 2.76. The molecule has 4 heteroatoms. The number of aliphatic hydroxyl groups excluding tert-OH is 1. The maximum Gasteiger partial charge on any atom is 0.136 e. The van der Waals surface area contributed by atoms with Crippen molar-refractivity contribution in [2.45, 2.75) is 30.2 Å². The molecular formula is C14H20FNOS. The molecule has 0 bridgehead atoms. The lowest BCUT2D eigenvalue weighted by atomic mass is 9.91. The first kappa shape index (κ1) is 13.8. The van der Waals surface area contributed by atoms with Crippen molar-refractivity contribution in [2.24, 2.45) is 0 Å². The van der Waals surface area contributed by atoms with Gasteiger partial charge in [-0.3, -0.25) is 4.90 Å². The summed E-state index contributed by atoms with van der Waals surface area (Å²) in [6.07, 6.45) is 3.78. The van der Waals surface area contributed by atoms with Crippen LogP contribution in [0.15, 0.2) is 29.2 Å². The van der Waals surface area contributed by atoms with Gasteiger partial charge in [0.05, 0.1) is 6.61 Å². The summed E-state index contributed by atoms with van der Waals surface area (Å²) in [6.45, 7) is 1.87. The number of aliphatic hydroxyl groups is 1. The lowest BCUT2D eigenvalue weighted by Crippen LogP contribution is -2.42. The van der Waals surface area contributed by atoms with Crippen LogP contribution in [0.3, 0.4) is 0 Å². The van der Waals surface area contributed by atoms with E-state index in [-0.39, 0.29) is 12.4 Å². The third-order valence-corrected chi connectivity index (χ3v) is 4.48. The fourth-order valence-electron chi connectivity index (χ4n) is 2.19. The van der Waals surface area contributed by atoms with E-state index in [1.165, 1.54) is 25.3 Å². The Balaban J connectivity index is 1.77. The van der Waals surface area contributed by atoms with Crippen LogP contribution in [-0.2, 0) is 0 Å². The standard InChI is InChI=1S/C14H20FNOS/c15-13-6-1-2-7-14(13)18-11-9-16(8-10-17)12-4-3-5-12/h1-2,6-7,12,17H,3-5,8-11H2. The molecule has 100 valence electrons. The van der Waals surface area contributed by atoms with Crippen LogP contribution < -0.4 is 0 Å². The highest BCUT2D eigenvalue weighted by Crippen LogP contribution is 2.26. The van der Waals surface area contributed by atoms with Gasteiger partial charge in [0.1, 0.15) is 5.82 Å². The van der Waals surface area contributed by atoms with E-state index in [9.17, 15) is 4.39 Å². The predicted molar refractivity (Wildman–Crippen MR) is 73.4 cm³/mol. The Morgan fingerprint density at radius 2 is 2.06 bits per heavy atom. The van der Waals surface area contributed by atoms with E-state index in [1.807, 2.05) is 12.1 Å². The zero-order valence-corrected chi connectivity index (χ0v) is 11.3. The Bertz CT molecular complexity index is 371. The highest BCUT2D eigenvalue weighted by atomic mass is 32.2. The summed E-state index contributed by atoms with van der Waals surface area (Å²) in [4.78, 5) is 3.05. The molecule has 1 fully saturated rings. The molecule has 1 aliphatic carbocycles. The Morgan fingerprint density at radius 3 is 2.67 bits per heavy atom. The summed E-state index contributed by atoms with van der Waals surface area (Å²) < 4.78 is 13.4. The van der Waals surface area contributed by atoms with Crippen molar-refractivity contribution >= 4 is 11.8 Å². The van der Waals surface area contributed by atoms with Crippen LogP contribution in [0.2, 0.25) is 0 Å². The number of rotatable bonds is 7. The minimum Gasteiger partial charge on any atom is -0.395 e. The second-order valence-electron chi connectivity index (χ2n) is 4.62. The van der Waals surface area contributed by atoms with E-state index in [4.69, 9.17) is 5.11 Å². The Kier molecular flexibility index (Phi) is 5.47. The molecule has 0 atom stereocenters. The molecule has 18 heavy (non-hydrogen) atoms. The van der Waals surface area contributed by atoms with Crippen molar-refractivity contribution in [3.8, 4) is 0 Å². The lowest BCUT2D eigenvalue weighted by molar-refractivity contribution is 0.108. The normalized spacial score (nSPS) is 15.9. The van der Waals surface area contributed by atoms with Crippen molar-refractivity contribution in [3.05, 3.63) is 30.1 Å². The molecule has 0 aliphatic heterocycles. The monoisotopic (exact) mass is 269 g/mol. The zero-order valence-electron chi connectivity index (χ0n) is 10.5. The van der Waals surface area contributed by atoms with Gasteiger partial charge in [0.25, 0.3) is 0 Å². The Hall–Kier alpha value is -0.580. The minimum absolute atomic E-state index is 0.139. The molecule has 0 saturated heterocycles. The zero-order chi connectivity index (χ0) is 12.8. The largest absolute Gasteiger partial charge is 0.395 e.